The molecule has 1 aromatic carbocycles. The molecule has 0 aliphatic carbocycles. The molecule has 0 amide bonds. The Balaban J connectivity index is 2.40. The fourth-order valence-corrected chi connectivity index (χ4v) is 4.59. The van der Waals surface area contributed by atoms with Crippen LogP contribution in [0.4, 0.5) is 14.5 Å². The van der Waals surface area contributed by atoms with Crippen molar-refractivity contribution in [2.75, 3.05) is 23.7 Å². The summed E-state index contributed by atoms with van der Waals surface area (Å²) in [5.41, 5.74) is -0.149. The lowest BCUT2D eigenvalue weighted by Crippen LogP contribution is -2.53. The fraction of sp³-hybridized carbons (Fsp3) is 0.533. The topological polar surface area (TPSA) is 44.1 Å². The summed E-state index contributed by atoms with van der Waals surface area (Å²) in [6, 6.07) is 3.83. The maximum Gasteiger partial charge on any atom is 0.150 e. The second kappa shape index (κ2) is 6.10. The molecule has 21 heavy (non-hydrogen) atoms. The predicted molar refractivity (Wildman–Crippen MR) is 79.6 cm³/mol. The third kappa shape index (κ3) is 2.80. The molecule has 1 heterocycles. The summed E-state index contributed by atoms with van der Waals surface area (Å²) in [5.74, 6) is -1.07. The van der Waals surface area contributed by atoms with E-state index in [2.05, 4.69) is 0 Å². The standard InChI is InChI=1S/C15H18F2N2OS/c1-3-15(4-2)10-19(5-6-21(15)20)14-12(16)7-11(9-18)8-13(14)17/h7-8H,3-6,10H2,1-2H3. The van der Waals surface area contributed by atoms with E-state index in [1.165, 1.54) is 0 Å². The quantitative estimate of drug-likeness (QED) is 0.862. The van der Waals surface area contributed by atoms with Crippen LogP contribution in [0, 0.1) is 23.0 Å². The van der Waals surface area contributed by atoms with Crippen LogP contribution in [0.1, 0.15) is 32.3 Å². The zero-order chi connectivity index (χ0) is 15.6. The van der Waals surface area contributed by atoms with Crippen LogP contribution in [0.25, 0.3) is 0 Å². The first-order valence-electron chi connectivity index (χ1n) is 7.00. The van der Waals surface area contributed by atoms with Gasteiger partial charge in [0.15, 0.2) is 11.6 Å². The zero-order valence-electron chi connectivity index (χ0n) is 12.2. The molecule has 0 bridgehead atoms. The first kappa shape index (κ1) is 15.9. The summed E-state index contributed by atoms with van der Waals surface area (Å²) in [4.78, 5) is 1.63. The number of benzene rings is 1. The Morgan fingerprint density at radius 1 is 1.33 bits per heavy atom. The van der Waals surface area contributed by atoms with Crippen molar-refractivity contribution in [3.8, 4) is 6.07 Å². The van der Waals surface area contributed by atoms with Crippen LogP contribution in [0.3, 0.4) is 0 Å². The van der Waals surface area contributed by atoms with Crippen molar-refractivity contribution >= 4 is 16.5 Å². The summed E-state index contributed by atoms with van der Waals surface area (Å²) in [6.07, 6.45) is 1.40. The van der Waals surface area contributed by atoms with Crippen molar-refractivity contribution in [1.82, 2.24) is 0 Å². The van der Waals surface area contributed by atoms with E-state index >= 15 is 0 Å². The molecule has 0 N–H and O–H groups in total. The first-order valence-corrected chi connectivity index (χ1v) is 8.32. The molecule has 1 unspecified atom stereocenters. The van der Waals surface area contributed by atoms with Gasteiger partial charge < -0.3 is 4.90 Å². The predicted octanol–water partition coefficient (Wildman–Crippen LogP) is 2.96. The number of rotatable bonds is 3. The van der Waals surface area contributed by atoms with Gasteiger partial charge in [0.05, 0.1) is 16.4 Å². The van der Waals surface area contributed by atoms with Crippen LogP contribution >= 0.6 is 0 Å². The lowest BCUT2D eigenvalue weighted by molar-refractivity contribution is 0.483. The van der Waals surface area contributed by atoms with Gasteiger partial charge in [0.2, 0.25) is 0 Å². The summed E-state index contributed by atoms with van der Waals surface area (Å²) in [7, 11) is -0.989. The van der Waals surface area contributed by atoms with Crippen LogP contribution in [-0.2, 0) is 10.8 Å². The molecule has 0 aromatic heterocycles. The smallest absolute Gasteiger partial charge is 0.150 e. The highest BCUT2D eigenvalue weighted by Crippen LogP contribution is 2.33. The van der Waals surface area contributed by atoms with Gasteiger partial charge in [-0.1, -0.05) is 13.8 Å². The second-order valence-corrected chi connectivity index (χ2v) is 7.23. The van der Waals surface area contributed by atoms with Crippen molar-refractivity contribution in [1.29, 1.82) is 5.26 Å². The Morgan fingerprint density at radius 3 is 2.38 bits per heavy atom. The van der Waals surface area contributed by atoms with Gasteiger partial charge in [0.25, 0.3) is 0 Å². The van der Waals surface area contributed by atoms with Gasteiger partial charge in [0, 0.05) is 29.6 Å². The Bertz CT molecular complexity index is 585. The Labute approximate surface area is 126 Å². The third-order valence-corrected chi connectivity index (χ3v) is 6.49. The average molecular weight is 312 g/mol. The van der Waals surface area contributed by atoms with Gasteiger partial charge in [-0.15, -0.1) is 0 Å². The zero-order valence-corrected chi connectivity index (χ0v) is 13.0. The minimum atomic E-state index is -0.989. The van der Waals surface area contributed by atoms with Crippen LogP contribution in [0.5, 0.6) is 0 Å². The van der Waals surface area contributed by atoms with Gasteiger partial charge in [0.1, 0.15) is 5.69 Å². The van der Waals surface area contributed by atoms with E-state index in [0.717, 1.165) is 12.1 Å². The number of nitriles is 1. The first-order chi connectivity index (χ1) is 9.97. The van der Waals surface area contributed by atoms with Gasteiger partial charge in [-0.25, -0.2) is 8.78 Å². The van der Waals surface area contributed by atoms with Crippen LogP contribution in [0.15, 0.2) is 12.1 Å². The molecule has 1 aliphatic heterocycles. The largest absolute Gasteiger partial charge is 0.364 e. The highest BCUT2D eigenvalue weighted by Gasteiger charge is 2.40. The number of hydrogen-bond acceptors (Lipinski definition) is 3. The highest BCUT2D eigenvalue weighted by atomic mass is 32.2. The van der Waals surface area contributed by atoms with Gasteiger partial charge >= 0.3 is 0 Å². The molecular formula is C15H18F2N2OS. The minimum absolute atomic E-state index is 0.0356. The normalized spacial score (nSPS) is 21.1. The fourth-order valence-electron chi connectivity index (χ4n) is 2.83. The third-order valence-electron chi connectivity index (χ3n) is 4.26. The van der Waals surface area contributed by atoms with Gasteiger partial charge in [-0.3, -0.25) is 4.21 Å². The SMILES string of the molecule is CCC1(CC)CN(c2c(F)cc(C#N)cc2F)CCS1=O. The molecule has 1 saturated heterocycles. The van der Waals surface area contributed by atoms with Crippen molar-refractivity contribution in [2.45, 2.75) is 31.4 Å². The molecule has 0 saturated carbocycles. The van der Waals surface area contributed by atoms with E-state index in [0.29, 0.717) is 31.7 Å². The number of nitrogens with zero attached hydrogens (tertiary/aromatic N) is 2. The molecule has 1 aliphatic rings. The molecule has 1 atom stereocenters. The Morgan fingerprint density at radius 2 is 1.90 bits per heavy atom. The number of hydrogen-bond donors (Lipinski definition) is 0. The van der Waals surface area contributed by atoms with E-state index in [4.69, 9.17) is 5.26 Å². The summed E-state index contributed by atoms with van der Waals surface area (Å²) in [5, 5.41) is 8.74. The molecule has 0 spiro atoms. The number of anilines is 1. The van der Waals surface area contributed by atoms with E-state index in [1.807, 2.05) is 13.8 Å². The van der Waals surface area contributed by atoms with Crippen LogP contribution in [-0.4, -0.2) is 27.8 Å². The molecule has 1 aromatic rings. The lowest BCUT2D eigenvalue weighted by atomic mass is 10.0. The second-order valence-electron chi connectivity index (χ2n) is 5.26. The van der Waals surface area contributed by atoms with Gasteiger partial charge in [-0.2, -0.15) is 5.26 Å². The summed E-state index contributed by atoms with van der Waals surface area (Å²) >= 11 is 0. The summed E-state index contributed by atoms with van der Waals surface area (Å²) < 4.78 is 40.1. The molecule has 2 rings (SSSR count). The molecule has 1 fully saturated rings. The van der Waals surface area contributed by atoms with E-state index < -0.39 is 27.2 Å². The monoisotopic (exact) mass is 312 g/mol. The van der Waals surface area contributed by atoms with Crippen molar-refractivity contribution in [2.24, 2.45) is 0 Å². The lowest BCUT2D eigenvalue weighted by Gasteiger charge is -2.42. The van der Waals surface area contributed by atoms with E-state index in [1.54, 1.807) is 11.0 Å². The van der Waals surface area contributed by atoms with E-state index in [9.17, 15) is 13.0 Å². The molecular weight excluding hydrogens is 294 g/mol. The minimum Gasteiger partial charge on any atom is -0.364 e. The maximum atomic E-state index is 14.1. The highest BCUT2D eigenvalue weighted by molar-refractivity contribution is 7.86. The van der Waals surface area contributed by atoms with Crippen LogP contribution < -0.4 is 4.90 Å². The van der Waals surface area contributed by atoms with Crippen molar-refractivity contribution in [3.05, 3.63) is 29.3 Å². The molecule has 0 radical (unpaired) electrons. The van der Waals surface area contributed by atoms with Gasteiger partial charge in [-0.05, 0) is 25.0 Å². The molecule has 114 valence electrons. The Hall–Kier alpha value is -1.48. The van der Waals surface area contributed by atoms with Crippen molar-refractivity contribution in [3.63, 3.8) is 0 Å². The molecule has 3 nitrogen and oxygen atoms in total. The average Bonchev–Trinajstić information content (AvgIpc) is 2.48. The number of halogens is 2. The van der Waals surface area contributed by atoms with Crippen molar-refractivity contribution < 1.29 is 13.0 Å². The Kier molecular flexibility index (Phi) is 4.62. The van der Waals surface area contributed by atoms with Crippen LogP contribution in [0.2, 0.25) is 0 Å². The molecule has 6 heteroatoms. The van der Waals surface area contributed by atoms with E-state index in [-0.39, 0.29) is 11.3 Å². The maximum absolute atomic E-state index is 14.1. The summed E-state index contributed by atoms with van der Waals surface area (Å²) in [6.45, 7) is 4.63.